The van der Waals surface area contributed by atoms with Gasteiger partial charge in [0.25, 0.3) is 0 Å². The second-order valence-electron chi connectivity index (χ2n) is 5.01. The summed E-state index contributed by atoms with van der Waals surface area (Å²) in [6.07, 6.45) is 1.27. The molecule has 25 heavy (non-hydrogen) atoms. The number of thiophene rings is 1. The second kappa shape index (κ2) is 9.32. The standard InChI is InChI=1S/C15H17ClN6OS.HI/c1-17-15(18-8-10(23)11-5-6-12(16)24-11)19-9-14-21-20-13-4-2-3-7-22(13)14;/h2-7,10,23H,8-9H2,1H3,(H2,17,18,19);1H. The van der Waals surface area contributed by atoms with Crippen molar-refractivity contribution in [2.24, 2.45) is 4.99 Å². The molecule has 3 aromatic rings. The predicted molar refractivity (Wildman–Crippen MR) is 111 cm³/mol. The Morgan fingerprint density at radius 3 is 2.88 bits per heavy atom. The van der Waals surface area contributed by atoms with Crippen molar-refractivity contribution in [3.8, 4) is 0 Å². The largest absolute Gasteiger partial charge is 0.386 e. The van der Waals surface area contributed by atoms with Crippen molar-refractivity contribution in [1.82, 2.24) is 25.2 Å². The van der Waals surface area contributed by atoms with Crippen LogP contribution in [0.25, 0.3) is 5.65 Å². The number of hydrogen-bond acceptors (Lipinski definition) is 5. The normalized spacial score (nSPS) is 12.7. The van der Waals surface area contributed by atoms with Crippen molar-refractivity contribution in [2.75, 3.05) is 13.6 Å². The van der Waals surface area contributed by atoms with E-state index in [-0.39, 0.29) is 24.0 Å². The molecule has 0 aliphatic rings. The number of aliphatic imine (C=N–C) groups is 1. The van der Waals surface area contributed by atoms with E-state index in [1.807, 2.05) is 34.9 Å². The highest BCUT2D eigenvalue weighted by Crippen LogP contribution is 2.26. The summed E-state index contributed by atoms with van der Waals surface area (Å²) in [4.78, 5) is 4.95. The number of nitrogens with one attached hydrogen (secondary N) is 2. The van der Waals surface area contributed by atoms with Crippen LogP contribution in [0.2, 0.25) is 4.34 Å². The molecule has 3 aromatic heterocycles. The summed E-state index contributed by atoms with van der Waals surface area (Å²) in [6, 6.07) is 9.33. The Bertz CT molecular complexity index is 851. The Morgan fingerprint density at radius 2 is 2.16 bits per heavy atom. The number of aliphatic hydroxyl groups excluding tert-OH is 1. The molecule has 3 heterocycles. The Kier molecular flexibility index (Phi) is 7.41. The van der Waals surface area contributed by atoms with E-state index in [1.54, 1.807) is 13.1 Å². The van der Waals surface area contributed by atoms with Gasteiger partial charge in [0.1, 0.15) is 6.10 Å². The maximum absolute atomic E-state index is 10.2. The molecule has 0 fully saturated rings. The lowest BCUT2D eigenvalue weighted by Gasteiger charge is -2.14. The highest BCUT2D eigenvalue weighted by molar-refractivity contribution is 14.0. The predicted octanol–water partition coefficient (Wildman–Crippen LogP) is 2.46. The van der Waals surface area contributed by atoms with E-state index in [0.29, 0.717) is 23.4 Å². The molecule has 0 aromatic carbocycles. The first-order chi connectivity index (χ1) is 11.7. The van der Waals surface area contributed by atoms with E-state index in [0.717, 1.165) is 16.3 Å². The first kappa shape index (κ1) is 19.9. The minimum Gasteiger partial charge on any atom is -0.386 e. The van der Waals surface area contributed by atoms with Crippen molar-refractivity contribution < 1.29 is 5.11 Å². The number of halogens is 2. The van der Waals surface area contributed by atoms with Crippen LogP contribution in [0.15, 0.2) is 41.5 Å². The fourth-order valence-electron chi connectivity index (χ4n) is 2.20. The number of nitrogens with zero attached hydrogens (tertiary/aromatic N) is 4. The highest BCUT2D eigenvalue weighted by atomic mass is 127. The molecule has 0 bridgehead atoms. The number of guanidine groups is 1. The van der Waals surface area contributed by atoms with Gasteiger partial charge in [-0.3, -0.25) is 9.39 Å². The smallest absolute Gasteiger partial charge is 0.191 e. The molecule has 134 valence electrons. The van der Waals surface area contributed by atoms with Crippen molar-refractivity contribution in [1.29, 1.82) is 0 Å². The van der Waals surface area contributed by atoms with Gasteiger partial charge in [-0.2, -0.15) is 0 Å². The number of aliphatic hydroxyl groups is 1. The molecule has 0 aliphatic heterocycles. The van der Waals surface area contributed by atoms with Gasteiger partial charge in [0.2, 0.25) is 0 Å². The van der Waals surface area contributed by atoms with Gasteiger partial charge in [-0.1, -0.05) is 17.7 Å². The van der Waals surface area contributed by atoms with E-state index < -0.39 is 6.10 Å². The molecule has 0 aliphatic carbocycles. The quantitative estimate of drug-likeness (QED) is 0.289. The molecule has 3 rings (SSSR count). The maximum Gasteiger partial charge on any atom is 0.191 e. The molecule has 0 radical (unpaired) electrons. The summed E-state index contributed by atoms with van der Waals surface area (Å²) < 4.78 is 2.56. The molecular weight excluding hydrogens is 475 g/mol. The highest BCUT2D eigenvalue weighted by Gasteiger charge is 2.11. The van der Waals surface area contributed by atoms with Crippen molar-refractivity contribution in [2.45, 2.75) is 12.6 Å². The Labute approximate surface area is 171 Å². The fraction of sp³-hybridized carbons (Fsp3) is 0.267. The monoisotopic (exact) mass is 492 g/mol. The zero-order chi connectivity index (χ0) is 16.9. The maximum atomic E-state index is 10.2. The summed E-state index contributed by atoms with van der Waals surface area (Å²) in [7, 11) is 1.67. The van der Waals surface area contributed by atoms with E-state index in [4.69, 9.17) is 11.6 Å². The second-order valence-corrected chi connectivity index (χ2v) is 6.76. The molecule has 0 saturated heterocycles. The molecule has 3 N–H and O–H groups in total. The zero-order valence-electron chi connectivity index (χ0n) is 13.4. The summed E-state index contributed by atoms with van der Waals surface area (Å²) in [5, 5.41) is 24.6. The average Bonchev–Trinajstić information content (AvgIpc) is 3.21. The van der Waals surface area contributed by atoms with Crippen LogP contribution in [0.5, 0.6) is 0 Å². The number of rotatable bonds is 5. The summed E-state index contributed by atoms with van der Waals surface area (Å²) in [5.74, 6) is 1.35. The van der Waals surface area contributed by atoms with E-state index >= 15 is 0 Å². The van der Waals surface area contributed by atoms with Gasteiger partial charge >= 0.3 is 0 Å². The SMILES string of the molecule is CN=C(NCc1nnc2ccccn12)NCC(O)c1ccc(Cl)s1.I. The van der Waals surface area contributed by atoms with Crippen LogP contribution in [-0.2, 0) is 6.54 Å². The molecule has 10 heteroatoms. The molecule has 7 nitrogen and oxygen atoms in total. The number of hydrogen-bond donors (Lipinski definition) is 3. The third-order valence-electron chi connectivity index (χ3n) is 3.41. The van der Waals surface area contributed by atoms with E-state index in [1.165, 1.54) is 11.3 Å². The molecule has 0 spiro atoms. The fourth-order valence-corrected chi connectivity index (χ4v) is 3.24. The van der Waals surface area contributed by atoms with Crippen LogP contribution < -0.4 is 10.6 Å². The van der Waals surface area contributed by atoms with Gasteiger partial charge in [0.05, 0.1) is 10.9 Å². The molecule has 0 amide bonds. The van der Waals surface area contributed by atoms with Crippen LogP contribution in [0, 0.1) is 0 Å². The molecule has 0 saturated carbocycles. The summed E-state index contributed by atoms with van der Waals surface area (Å²) in [6.45, 7) is 0.795. The Morgan fingerprint density at radius 1 is 1.32 bits per heavy atom. The van der Waals surface area contributed by atoms with E-state index in [2.05, 4.69) is 25.8 Å². The lowest BCUT2D eigenvalue weighted by molar-refractivity contribution is 0.184. The summed E-state index contributed by atoms with van der Waals surface area (Å²) >= 11 is 7.25. The first-order valence-electron chi connectivity index (χ1n) is 7.34. The Hall–Kier alpha value is -1.43. The van der Waals surface area contributed by atoms with Gasteiger partial charge in [0.15, 0.2) is 17.4 Å². The number of pyridine rings is 1. The first-order valence-corrected chi connectivity index (χ1v) is 8.53. The Balaban J connectivity index is 0.00000225. The topological polar surface area (TPSA) is 86.8 Å². The molecular formula is C15H18ClIN6OS. The van der Waals surface area contributed by atoms with Gasteiger partial charge in [-0.25, -0.2) is 0 Å². The summed E-state index contributed by atoms with van der Waals surface area (Å²) in [5.41, 5.74) is 0.794. The lowest BCUT2D eigenvalue weighted by atomic mass is 10.3. The molecule has 1 atom stereocenters. The number of aromatic nitrogens is 3. The van der Waals surface area contributed by atoms with Crippen LogP contribution in [0.3, 0.4) is 0 Å². The van der Waals surface area contributed by atoms with Crippen molar-refractivity contribution in [3.05, 3.63) is 51.6 Å². The third kappa shape index (κ3) is 5.03. The van der Waals surface area contributed by atoms with E-state index in [9.17, 15) is 5.11 Å². The average molecular weight is 493 g/mol. The van der Waals surface area contributed by atoms with Gasteiger partial charge in [-0.15, -0.1) is 45.5 Å². The minimum absolute atomic E-state index is 0. The van der Waals surface area contributed by atoms with Crippen molar-refractivity contribution in [3.63, 3.8) is 0 Å². The van der Waals surface area contributed by atoms with Crippen LogP contribution in [0.1, 0.15) is 16.8 Å². The van der Waals surface area contributed by atoms with Gasteiger partial charge < -0.3 is 15.7 Å². The number of fused-ring (bicyclic) bond motifs is 1. The van der Waals surface area contributed by atoms with Crippen LogP contribution in [0.4, 0.5) is 0 Å². The van der Waals surface area contributed by atoms with Crippen LogP contribution in [-0.4, -0.2) is 39.3 Å². The van der Waals surface area contributed by atoms with Crippen LogP contribution >= 0.6 is 46.9 Å². The van der Waals surface area contributed by atoms with Gasteiger partial charge in [-0.05, 0) is 24.3 Å². The van der Waals surface area contributed by atoms with Gasteiger partial charge in [0, 0.05) is 24.7 Å². The minimum atomic E-state index is -0.644. The lowest BCUT2D eigenvalue weighted by Crippen LogP contribution is -2.39. The third-order valence-corrected chi connectivity index (χ3v) is 4.74. The zero-order valence-corrected chi connectivity index (χ0v) is 17.3. The molecule has 1 unspecified atom stereocenters. The van der Waals surface area contributed by atoms with Crippen molar-refractivity contribution >= 4 is 58.5 Å².